The Bertz CT molecular complexity index is 575. The highest BCUT2D eigenvalue weighted by Crippen LogP contribution is 2.18. The van der Waals surface area contributed by atoms with Crippen molar-refractivity contribution >= 4 is 17.5 Å². The second kappa shape index (κ2) is 6.86. The van der Waals surface area contributed by atoms with Crippen LogP contribution < -0.4 is 10.6 Å². The van der Waals surface area contributed by atoms with Gasteiger partial charge in [0.25, 0.3) is 0 Å². The van der Waals surface area contributed by atoms with Crippen LogP contribution in [0.4, 0.5) is 5.69 Å². The molecule has 2 rings (SSSR count). The van der Waals surface area contributed by atoms with Gasteiger partial charge in [0, 0.05) is 11.7 Å². The average Bonchev–Trinajstić information content (AvgIpc) is 3.22. The van der Waals surface area contributed by atoms with Crippen molar-refractivity contribution in [1.82, 2.24) is 10.2 Å². The number of rotatable bonds is 6. The monoisotopic (exact) mass is 286 g/mol. The standard InChI is InChI=1S/C15H18N4O2/c1-19(9-14(20)17-12-5-6-12)10-15(21)18-13-4-2-3-11(7-13)8-16/h2-4,7,12H,5-6,9-10H2,1H3,(H,17,20)(H,18,21). The van der Waals surface area contributed by atoms with Crippen molar-refractivity contribution in [2.45, 2.75) is 18.9 Å². The quantitative estimate of drug-likeness (QED) is 0.806. The van der Waals surface area contributed by atoms with E-state index in [4.69, 9.17) is 5.26 Å². The van der Waals surface area contributed by atoms with Crippen molar-refractivity contribution in [3.8, 4) is 6.07 Å². The first-order chi connectivity index (χ1) is 10.1. The molecule has 2 amide bonds. The Balaban J connectivity index is 1.77. The highest BCUT2D eigenvalue weighted by Gasteiger charge is 2.23. The number of benzene rings is 1. The summed E-state index contributed by atoms with van der Waals surface area (Å²) in [7, 11) is 1.72. The summed E-state index contributed by atoms with van der Waals surface area (Å²) in [5.74, 6) is -0.272. The Kier molecular flexibility index (Phi) is 4.90. The lowest BCUT2D eigenvalue weighted by Crippen LogP contribution is -2.39. The van der Waals surface area contributed by atoms with Gasteiger partial charge in [-0.25, -0.2) is 0 Å². The maximum absolute atomic E-state index is 11.9. The summed E-state index contributed by atoms with van der Waals surface area (Å²) in [6, 6.07) is 9.05. The summed E-state index contributed by atoms with van der Waals surface area (Å²) >= 11 is 0. The van der Waals surface area contributed by atoms with Crippen LogP contribution in [0, 0.1) is 11.3 Å². The molecule has 0 unspecified atom stereocenters. The van der Waals surface area contributed by atoms with Crippen LogP contribution in [0.25, 0.3) is 0 Å². The van der Waals surface area contributed by atoms with Gasteiger partial charge < -0.3 is 10.6 Å². The van der Waals surface area contributed by atoms with E-state index >= 15 is 0 Å². The minimum atomic E-state index is -0.216. The number of carbonyl (C=O) groups excluding carboxylic acids is 2. The van der Waals surface area contributed by atoms with Crippen LogP contribution in [-0.2, 0) is 9.59 Å². The first-order valence-electron chi connectivity index (χ1n) is 6.85. The van der Waals surface area contributed by atoms with Crippen molar-refractivity contribution in [2.24, 2.45) is 0 Å². The van der Waals surface area contributed by atoms with Crippen LogP contribution >= 0.6 is 0 Å². The maximum Gasteiger partial charge on any atom is 0.238 e. The van der Waals surface area contributed by atoms with Crippen LogP contribution in [0.1, 0.15) is 18.4 Å². The molecule has 1 aliphatic rings. The van der Waals surface area contributed by atoms with E-state index in [2.05, 4.69) is 10.6 Å². The van der Waals surface area contributed by atoms with Gasteiger partial charge in [0.2, 0.25) is 11.8 Å². The van der Waals surface area contributed by atoms with Gasteiger partial charge >= 0.3 is 0 Å². The van der Waals surface area contributed by atoms with E-state index in [0.717, 1.165) is 12.8 Å². The summed E-state index contributed by atoms with van der Waals surface area (Å²) in [4.78, 5) is 25.1. The van der Waals surface area contributed by atoms with Gasteiger partial charge in [0.1, 0.15) is 0 Å². The van der Waals surface area contributed by atoms with E-state index < -0.39 is 0 Å². The molecule has 1 fully saturated rings. The molecule has 0 spiro atoms. The fourth-order valence-corrected chi connectivity index (χ4v) is 1.91. The molecule has 0 aliphatic heterocycles. The molecule has 110 valence electrons. The van der Waals surface area contributed by atoms with Crippen molar-refractivity contribution < 1.29 is 9.59 Å². The summed E-state index contributed by atoms with van der Waals surface area (Å²) in [6.07, 6.45) is 2.09. The van der Waals surface area contributed by atoms with Crippen LogP contribution in [-0.4, -0.2) is 42.9 Å². The molecular weight excluding hydrogens is 268 g/mol. The van der Waals surface area contributed by atoms with E-state index in [-0.39, 0.29) is 24.9 Å². The Hall–Kier alpha value is -2.39. The number of hydrogen-bond acceptors (Lipinski definition) is 4. The molecule has 1 saturated carbocycles. The molecule has 21 heavy (non-hydrogen) atoms. The van der Waals surface area contributed by atoms with Crippen molar-refractivity contribution in [3.63, 3.8) is 0 Å². The molecule has 0 saturated heterocycles. The van der Waals surface area contributed by atoms with E-state index in [9.17, 15) is 9.59 Å². The molecule has 6 nitrogen and oxygen atoms in total. The number of nitrogens with one attached hydrogen (secondary N) is 2. The molecule has 1 aliphatic carbocycles. The first kappa shape index (κ1) is 15.0. The Morgan fingerprint density at radius 3 is 2.71 bits per heavy atom. The average molecular weight is 286 g/mol. The van der Waals surface area contributed by atoms with Gasteiger partial charge in [0.15, 0.2) is 0 Å². The number of anilines is 1. The third-order valence-corrected chi connectivity index (χ3v) is 3.04. The number of nitriles is 1. The minimum absolute atomic E-state index is 0.0562. The molecule has 0 bridgehead atoms. The fraction of sp³-hybridized carbons (Fsp3) is 0.400. The molecule has 0 aromatic heterocycles. The largest absolute Gasteiger partial charge is 0.352 e. The molecule has 0 atom stereocenters. The maximum atomic E-state index is 11.9. The lowest BCUT2D eigenvalue weighted by atomic mass is 10.2. The topological polar surface area (TPSA) is 85.2 Å². The number of nitrogens with zero attached hydrogens (tertiary/aromatic N) is 2. The van der Waals surface area contributed by atoms with Crippen molar-refractivity contribution in [1.29, 1.82) is 5.26 Å². The van der Waals surface area contributed by atoms with Crippen LogP contribution in [0.5, 0.6) is 0 Å². The SMILES string of the molecule is CN(CC(=O)Nc1cccc(C#N)c1)CC(=O)NC1CC1. The zero-order chi connectivity index (χ0) is 15.2. The number of amides is 2. The zero-order valence-electron chi connectivity index (χ0n) is 11.9. The molecule has 1 aromatic rings. The number of likely N-dealkylation sites (N-methyl/N-ethyl adjacent to an activating group) is 1. The fourth-order valence-electron chi connectivity index (χ4n) is 1.91. The molecule has 1 aromatic carbocycles. The number of carbonyl (C=O) groups is 2. The van der Waals surface area contributed by atoms with Crippen LogP contribution in [0.3, 0.4) is 0 Å². The summed E-state index contributed by atoms with van der Waals surface area (Å²) in [5.41, 5.74) is 1.07. The van der Waals surface area contributed by atoms with E-state index in [1.807, 2.05) is 6.07 Å². The highest BCUT2D eigenvalue weighted by atomic mass is 16.2. The van der Waals surface area contributed by atoms with Gasteiger partial charge in [0.05, 0.1) is 24.7 Å². The molecule has 6 heteroatoms. The van der Waals surface area contributed by atoms with Gasteiger partial charge in [-0.1, -0.05) is 6.07 Å². The van der Waals surface area contributed by atoms with Gasteiger partial charge in [-0.15, -0.1) is 0 Å². The van der Waals surface area contributed by atoms with Crippen molar-refractivity contribution in [3.05, 3.63) is 29.8 Å². The number of hydrogen-bond donors (Lipinski definition) is 2. The zero-order valence-corrected chi connectivity index (χ0v) is 11.9. The van der Waals surface area contributed by atoms with Crippen LogP contribution in [0.2, 0.25) is 0 Å². The van der Waals surface area contributed by atoms with E-state index in [1.54, 1.807) is 36.2 Å². The molecule has 2 N–H and O–H groups in total. The van der Waals surface area contributed by atoms with E-state index in [1.165, 1.54) is 0 Å². The summed E-state index contributed by atoms with van der Waals surface area (Å²) in [5, 5.41) is 14.4. The minimum Gasteiger partial charge on any atom is -0.352 e. The third kappa shape index (κ3) is 5.24. The predicted molar refractivity (Wildman–Crippen MR) is 78.4 cm³/mol. The Morgan fingerprint density at radius 2 is 2.05 bits per heavy atom. The second-order valence-electron chi connectivity index (χ2n) is 5.25. The summed E-state index contributed by atoms with van der Waals surface area (Å²) < 4.78 is 0. The second-order valence-corrected chi connectivity index (χ2v) is 5.25. The molecular formula is C15H18N4O2. The first-order valence-corrected chi connectivity index (χ1v) is 6.85. The normalized spacial score (nSPS) is 13.6. The van der Waals surface area contributed by atoms with Gasteiger partial charge in [-0.05, 0) is 38.1 Å². The molecule has 0 radical (unpaired) electrons. The molecule has 0 heterocycles. The lowest BCUT2D eigenvalue weighted by Gasteiger charge is -2.15. The van der Waals surface area contributed by atoms with Gasteiger partial charge in [-0.3, -0.25) is 14.5 Å². The van der Waals surface area contributed by atoms with Gasteiger partial charge in [-0.2, -0.15) is 5.26 Å². The third-order valence-electron chi connectivity index (χ3n) is 3.04. The van der Waals surface area contributed by atoms with E-state index in [0.29, 0.717) is 17.3 Å². The Labute approximate surface area is 123 Å². The smallest absolute Gasteiger partial charge is 0.238 e. The predicted octanol–water partition coefficient (Wildman–Crippen LogP) is 0.707. The van der Waals surface area contributed by atoms with Crippen LogP contribution in [0.15, 0.2) is 24.3 Å². The van der Waals surface area contributed by atoms with Crippen molar-refractivity contribution in [2.75, 3.05) is 25.5 Å². The Morgan fingerprint density at radius 1 is 1.33 bits per heavy atom. The summed E-state index contributed by atoms with van der Waals surface area (Å²) in [6.45, 7) is 0.316. The lowest BCUT2D eigenvalue weighted by molar-refractivity contribution is -0.123. The highest BCUT2D eigenvalue weighted by molar-refractivity contribution is 5.92.